The molecule has 1 aromatic heterocycles. The number of carbonyl (C=O) groups is 1. The second kappa shape index (κ2) is 13.7. The molecule has 0 spiro atoms. The average molecular weight is 619 g/mol. The van der Waals surface area contributed by atoms with E-state index < -0.39 is 26.3 Å². The van der Waals surface area contributed by atoms with Gasteiger partial charge in [-0.05, 0) is 75.2 Å². The fraction of sp³-hybridized carbons (Fsp3) is 0.346. The van der Waals surface area contributed by atoms with E-state index >= 15 is 4.39 Å². The van der Waals surface area contributed by atoms with Crippen molar-refractivity contribution in [3.63, 3.8) is 0 Å². The minimum absolute atomic E-state index is 0.0147. The summed E-state index contributed by atoms with van der Waals surface area (Å²) in [6, 6.07) is 9.05. The average Bonchev–Trinajstić information content (AvgIpc) is 2.88. The Kier molecular flexibility index (Phi) is 10.9. The molecule has 1 heterocycles. The Morgan fingerprint density at radius 1 is 1.13 bits per heavy atom. The number of hydrogen-bond donors (Lipinski definition) is 1. The van der Waals surface area contributed by atoms with Crippen molar-refractivity contribution in [2.45, 2.75) is 48.0 Å². The molecule has 3 aromatic rings. The maximum Gasteiger partial charge on any atom is 0.290 e. The summed E-state index contributed by atoms with van der Waals surface area (Å²) in [5.41, 5.74) is 1.25. The first-order valence-corrected chi connectivity index (χ1v) is 14.6. The van der Waals surface area contributed by atoms with Gasteiger partial charge in [-0.15, -0.1) is 0 Å². The molecule has 1 aliphatic rings. The normalized spacial score (nSPS) is 19.2. The lowest BCUT2D eigenvalue weighted by Crippen LogP contribution is -2.46. The second-order valence-electron chi connectivity index (χ2n) is 9.14. The molecule has 0 unspecified atom stereocenters. The zero-order chi connectivity index (χ0) is 28.7. The molecule has 1 fully saturated rings. The van der Waals surface area contributed by atoms with Crippen LogP contribution < -0.4 is 4.74 Å². The first-order chi connectivity index (χ1) is 18.5. The lowest BCUT2D eigenvalue weighted by atomic mass is 9.79. The molecule has 3 atom stereocenters. The third kappa shape index (κ3) is 8.02. The van der Waals surface area contributed by atoms with Crippen LogP contribution >= 0.6 is 34.8 Å². The first-order valence-electron chi connectivity index (χ1n) is 11.8. The van der Waals surface area contributed by atoms with Crippen molar-refractivity contribution in [2.24, 2.45) is 0 Å². The summed E-state index contributed by atoms with van der Waals surface area (Å²) >= 11 is 19.0. The standard InChI is InChI=1S/C25H25Cl3FN3O3S.CH2O2/c1-32(2)22-9-15(18-10-16(26)4-5-19(18)27)3-6-23(22)35-24-12-21(29)25(11-20(24)28)36(33,34)13-17-7-8-30-14-31-17;2-1-3/h4-5,7-8,10-12,14-15,22-23H,3,6,9,13H2,1-2H3;1H,(H,2,3)/t15-,22-,23-;/m0./s1. The molecule has 1 N–H and O–H groups in total. The quantitative estimate of drug-likeness (QED) is 0.326. The maximum absolute atomic E-state index is 15.0. The highest BCUT2D eigenvalue weighted by Gasteiger charge is 2.35. The molecule has 2 aromatic carbocycles. The predicted octanol–water partition coefficient (Wildman–Crippen LogP) is 5.90. The third-order valence-electron chi connectivity index (χ3n) is 6.40. The van der Waals surface area contributed by atoms with Crippen LogP contribution in [0.4, 0.5) is 4.39 Å². The molecule has 13 heteroatoms. The number of nitrogens with zero attached hydrogens (tertiary/aromatic N) is 3. The van der Waals surface area contributed by atoms with Gasteiger partial charge in [0, 0.05) is 28.4 Å². The number of likely N-dealkylation sites (N-methyl/N-ethyl adjacent to an activating group) is 1. The minimum Gasteiger partial charge on any atom is -0.487 e. The predicted molar refractivity (Wildman–Crippen MR) is 148 cm³/mol. The lowest BCUT2D eigenvalue weighted by Gasteiger charge is -2.40. The summed E-state index contributed by atoms with van der Waals surface area (Å²) in [5.74, 6) is -1.11. The van der Waals surface area contributed by atoms with Gasteiger partial charge in [-0.25, -0.2) is 22.8 Å². The number of halogens is 4. The van der Waals surface area contributed by atoms with Crippen molar-refractivity contribution in [3.8, 4) is 5.75 Å². The third-order valence-corrected chi connectivity index (χ3v) is 8.93. The Hall–Kier alpha value is -2.50. The Morgan fingerprint density at radius 2 is 1.85 bits per heavy atom. The Balaban J connectivity index is 0.00000134. The van der Waals surface area contributed by atoms with Gasteiger partial charge in [0.2, 0.25) is 0 Å². The molecule has 0 bridgehead atoms. The van der Waals surface area contributed by atoms with E-state index in [-0.39, 0.29) is 41.0 Å². The molecule has 0 saturated heterocycles. The molecule has 0 amide bonds. The van der Waals surface area contributed by atoms with E-state index in [0.717, 1.165) is 30.5 Å². The number of rotatable bonds is 7. The molecule has 0 radical (unpaired) electrons. The van der Waals surface area contributed by atoms with Crippen LogP contribution in [0.15, 0.2) is 53.8 Å². The van der Waals surface area contributed by atoms with Crippen molar-refractivity contribution in [1.29, 1.82) is 0 Å². The highest BCUT2D eigenvalue weighted by Crippen LogP contribution is 2.41. The number of sulfone groups is 1. The molecular weight excluding hydrogens is 592 g/mol. The first kappa shape index (κ1) is 31.0. The van der Waals surface area contributed by atoms with Gasteiger partial charge in [0.05, 0.1) is 16.5 Å². The molecule has 8 nitrogen and oxygen atoms in total. The van der Waals surface area contributed by atoms with Crippen molar-refractivity contribution < 1.29 is 27.4 Å². The van der Waals surface area contributed by atoms with Gasteiger partial charge >= 0.3 is 0 Å². The lowest BCUT2D eigenvalue weighted by molar-refractivity contribution is -0.122. The van der Waals surface area contributed by atoms with E-state index in [1.54, 1.807) is 12.1 Å². The zero-order valence-electron chi connectivity index (χ0n) is 21.1. The van der Waals surface area contributed by atoms with Gasteiger partial charge in [-0.2, -0.15) is 0 Å². The van der Waals surface area contributed by atoms with E-state index in [4.69, 9.17) is 49.4 Å². The van der Waals surface area contributed by atoms with E-state index in [1.807, 2.05) is 20.2 Å². The number of carboxylic acid groups (broad SMARTS) is 1. The summed E-state index contributed by atoms with van der Waals surface area (Å²) in [6.45, 7) is -0.250. The smallest absolute Gasteiger partial charge is 0.290 e. The summed E-state index contributed by atoms with van der Waals surface area (Å²) in [5, 5.41) is 8.21. The number of ether oxygens (including phenoxy) is 1. The molecule has 210 valence electrons. The summed E-state index contributed by atoms with van der Waals surface area (Å²) in [4.78, 5) is 17.6. The van der Waals surface area contributed by atoms with Gasteiger partial charge < -0.3 is 14.7 Å². The molecular formula is C26H27Cl3FN3O5S. The van der Waals surface area contributed by atoms with Crippen molar-refractivity contribution in [3.05, 3.63) is 81.1 Å². The van der Waals surface area contributed by atoms with Crippen LogP contribution in [0.3, 0.4) is 0 Å². The Labute approximate surface area is 241 Å². The van der Waals surface area contributed by atoms with Crippen molar-refractivity contribution >= 4 is 51.1 Å². The van der Waals surface area contributed by atoms with E-state index in [2.05, 4.69) is 14.9 Å². The van der Waals surface area contributed by atoms with Gasteiger partial charge in [0.25, 0.3) is 6.47 Å². The molecule has 1 aliphatic carbocycles. The number of benzene rings is 2. The van der Waals surface area contributed by atoms with Gasteiger partial charge in [0.15, 0.2) is 9.84 Å². The maximum atomic E-state index is 15.0. The Morgan fingerprint density at radius 3 is 2.49 bits per heavy atom. The van der Waals surface area contributed by atoms with E-state index in [1.165, 1.54) is 18.6 Å². The monoisotopic (exact) mass is 617 g/mol. The largest absolute Gasteiger partial charge is 0.487 e. The second-order valence-corrected chi connectivity index (χ2v) is 12.4. The van der Waals surface area contributed by atoms with E-state index in [9.17, 15) is 8.42 Å². The van der Waals surface area contributed by atoms with Crippen LogP contribution in [0.1, 0.15) is 36.4 Å². The molecule has 39 heavy (non-hydrogen) atoms. The van der Waals surface area contributed by atoms with Crippen LogP contribution in [0.2, 0.25) is 15.1 Å². The molecule has 1 saturated carbocycles. The zero-order valence-corrected chi connectivity index (χ0v) is 24.2. The highest BCUT2D eigenvalue weighted by molar-refractivity contribution is 7.90. The van der Waals surface area contributed by atoms with Crippen LogP contribution in [0.5, 0.6) is 5.75 Å². The topological polar surface area (TPSA) is 110 Å². The van der Waals surface area contributed by atoms with Crippen LogP contribution in [0.25, 0.3) is 0 Å². The summed E-state index contributed by atoms with van der Waals surface area (Å²) < 4.78 is 46.8. The molecule has 4 rings (SSSR count). The van der Waals surface area contributed by atoms with Gasteiger partial charge in [0.1, 0.15) is 28.9 Å². The SMILES string of the molecule is CN(C)[C@H]1C[C@@H](c2cc(Cl)ccc2Cl)CC[C@@H]1Oc1cc(F)c(S(=O)(=O)Cc2ccncn2)cc1Cl.O=CO. The van der Waals surface area contributed by atoms with Crippen molar-refractivity contribution in [2.75, 3.05) is 14.1 Å². The fourth-order valence-corrected chi connectivity index (χ4v) is 6.68. The summed E-state index contributed by atoms with van der Waals surface area (Å²) in [6.07, 6.45) is 4.59. The van der Waals surface area contributed by atoms with Crippen molar-refractivity contribution in [1.82, 2.24) is 14.9 Å². The van der Waals surface area contributed by atoms with Gasteiger partial charge in [-0.3, -0.25) is 4.79 Å². The number of hydrogen-bond acceptors (Lipinski definition) is 7. The fourth-order valence-electron chi connectivity index (χ4n) is 4.59. The van der Waals surface area contributed by atoms with E-state index in [0.29, 0.717) is 16.5 Å². The minimum atomic E-state index is -4.02. The van der Waals surface area contributed by atoms with Gasteiger partial charge in [-0.1, -0.05) is 34.8 Å². The highest BCUT2D eigenvalue weighted by atomic mass is 35.5. The number of aromatic nitrogens is 2. The summed E-state index contributed by atoms with van der Waals surface area (Å²) in [7, 11) is -0.118. The van der Waals surface area contributed by atoms with Crippen LogP contribution in [0, 0.1) is 5.82 Å². The van der Waals surface area contributed by atoms with Crippen LogP contribution in [-0.4, -0.2) is 61.1 Å². The molecule has 0 aliphatic heterocycles. The Bertz CT molecular complexity index is 1400. The van der Waals surface area contributed by atoms with Crippen LogP contribution in [-0.2, 0) is 20.4 Å².